The number of ketones is 1. The maximum Gasteiger partial charge on any atom is 0.196 e. The molecule has 2 aromatic carbocycles. The van der Waals surface area contributed by atoms with Gasteiger partial charge in [-0.15, -0.1) is 0 Å². The second-order valence-electron chi connectivity index (χ2n) is 3.54. The molecule has 0 radical (unpaired) electrons. The molecule has 82 valence electrons. The number of aromatic hydroxyl groups is 1. The molecule has 0 aliphatic rings. The smallest absolute Gasteiger partial charge is 0.196 e. The third-order valence-electron chi connectivity index (χ3n) is 2.41. The molecule has 0 aromatic heterocycles. The predicted octanol–water partition coefficient (Wildman–Crippen LogP) is 2.49. The molecule has 0 aliphatic carbocycles. The number of phenolic OH excluding ortho intramolecular Hbond substituents is 1. The van der Waals surface area contributed by atoms with Gasteiger partial charge in [-0.1, -0.05) is 30.3 Å². The van der Waals surface area contributed by atoms with E-state index in [9.17, 15) is 9.90 Å². The lowest BCUT2D eigenvalue weighted by molar-refractivity contribution is 0.103. The molecule has 0 saturated heterocycles. The number of carbonyl (C=O) groups excluding carboxylic acids is 1. The van der Waals surface area contributed by atoms with Gasteiger partial charge in [0.15, 0.2) is 5.78 Å². The summed E-state index contributed by atoms with van der Waals surface area (Å²) in [4.78, 5) is 12.1. The average molecular weight is 223 g/mol. The number of hydrogen-bond acceptors (Lipinski definition) is 3. The van der Waals surface area contributed by atoms with Crippen LogP contribution in [0.5, 0.6) is 5.75 Å². The lowest BCUT2D eigenvalue weighted by atomic mass is 10.0. The Bertz CT molecular complexity index is 597. The normalized spacial score (nSPS) is 9.59. The summed E-state index contributed by atoms with van der Waals surface area (Å²) in [6, 6.07) is 14.8. The van der Waals surface area contributed by atoms with Crippen LogP contribution in [-0.4, -0.2) is 10.9 Å². The summed E-state index contributed by atoms with van der Waals surface area (Å²) in [5.41, 5.74) is 0.982. The SMILES string of the molecule is N#Cc1ccc(O)c(C(=O)c2ccccc2)c1. The highest BCUT2D eigenvalue weighted by atomic mass is 16.3. The second-order valence-corrected chi connectivity index (χ2v) is 3.54. The number of phenols is 1. The van der Waals surface area contributed by atoms with E-state index in [1.807, 2.05) is 12.1 Å². The number of hydrogen-bond donors (Lipinski definition) is 1. The molecule has 3 heteroatoms. The molecular formula is C14H9NO2. The van der Waals surface area contributed by atoms with Crippen molar-refractivity contribution in [3.8, 4) is 11.8 Å². The van der Waals surface area contributed by atoms with Crippen LogP contribution in [0.2, 0.25) is 0 Å². The highest BCUT2D eigenvalue weighted by molar-refractivity contribution is 6.10. The third-order valence-corrected chi connectivity index (χ3v) is 2.41. The van der Waals surface area contributed by atoms with E-state index in [-0.39, 0.29) is 17.1 Å². The van der Waals surface area contributed by atoms with Crippen molar-refractivity contribution in [2.24, 2.45) is 0 Å². The van der Waals surface area contributed by atoms with Gasteiger partial charge >= 0.3 is 0 Å². The van der Waals surface area contributed by atoms with Crippen LogP contribution in [0.4, 0.5) is 0 Å². The molecule has 0 spiro atoms. The molecule has 3 nitrogen and oxygen atoms in total. The Hall–Kier alpha value is -2.60. The maximum atomic E-state index is 12.1. The Labute approximate surface area is 98.6 Å². The molecule has 17 heavy (non-hydrogen) atoms. The van der Waals surface area contributed by atoms with E-state index in [1.54, 1.807) is 24.3 Å². The molecule has 2 rings (SSSR count). The van der Waals surface area contributed by atoms with Crippen molar-refractivity contribution in [2.75, 3.05) is 0 Å². The van der Waals surface area contributed by atoms with Gasteiger partial charge in [0.2, 0.25) is 0 Å². The lowest BCUT2D eigenvalue weighted by Crippen LogP contribution is -2.01. The van der Waals surface area contributed by atoms with Crippen LogP contribution < -0.4 is 0 Å². The van der Waals surface area contributed by atoms with Crippen molar-refractivity contribution in [1.29, 1.82) is 5.26 Å². The molecule has 0 fully saturated rings. The van der Waals surface area contributed by atoms with Crippen molar-refractivity contribution in [3.63, 3.8) is 0 Å². The minimum atomic E-state index is -0.291. The van der Waals surface area contributed by atoms with E-state index >= 15 is 0 Å². The first-order valence-corrected chi connectivity index (χ1v) is 5.05. The van der Waals surface area contributed by atoms with Gasteiger partial charge in [0.25, 0.3) is 0 Å². The molecular weight excluding hydrogens is 214 g/mol. The standard InChI is InChI=1S/C14H9NO2/c15-9-10-6-7-13(16)12(8-10)14(17)11-4-2-1-3-5-11/h1-8,16H. The van der Waals surface area contributed by atoms with Crippen molar-refractivity contribution >= 4 is 5.78 Å². The molecule has 0 unspecified atom stereocenters. The largest absolute Gasteiger partial charge is 0.507 e. The van der Waals surface area contributed by atoms with E-state index in [1.165, 1.54) is 18.2 Å². The summed E-state index contributed by atoms with van der Waals surface area (Å²) in [7, 11) is 0. The summed E-state index contributed by atoms with van der Waals surface area (Å²) >= 11 is 0. The van der Waals surface area contributed by atoms with Gasteiger partial charge in [0, 0.05) is 5.56 Å². The van der Waals surface area contributed by atoms with Crippen molar-refractivity contribution in [1.82, 2.24) is 0 Å². The van der Waals surface area contributed by atoms with E-state index in [4.69, 9.17) is 5.26 Å². The van der Waals surface area contributed by atoms with Crippen molar-refractivity contribution in [2.45, 2.75) is 0 Å². The number of carbonyl (C=O) groups is 1. The van der Waals surface area contributed by atoms with Gasteiger partial charge in [-0.05, 0) is 18.2 Å². The number of nitrogens with zero attached hydrogens (tertiary/aromatic N) is 1. The summed E-state index contributed by atoms with van der Waals surface area (Å²) < 4.78 is 0. The van der Waals surface area contributed by atoms with Crippen LogP contribution in [0.25, 0.3) is 0 Å². The molecule has 0 atom stereocenters. The first kappa shape index (κ1) is 10.9. The fraction of sp³-hybridized carbons (Fsp3) is 0. The third kappa shape index (κ3) is 2.16. The molecule has 0 heterocycles. The number of rotatable bonds is 2. The van der Waals surface area contributed by atoms with E-state index in [0.717, 1.165) is 0 Å². The van der Waals surface area contributed by atoms with Gasteiger partial charge in [-0.2, -0.15) is 5.26 Å². The monoisotopic (exact) mass is 223 g/mol. The molecule has 0 aliphatic heterocycles. The molecule has 1 N–H and O–H groups in total. The molecule has 0 saturated carbocycles. The predicted molar refractivity (Wildman–Crippen MR) is 62.7 cm³/mol. The van der Waals surface area contributed by atoms with Crippen LogP contribution in [0.1, 0.15) is 21.5 Å². The second kappa shape index (κ2) is 4.50. The Morgan fingerprint density at radius 3 is 2.47 bits per heavy atom. The maximum absolute atomic E-state index is 12.1. The fourth-order valence-electron chi connectivity index (χ4n) is 1.53. The summed E-state index contributed by atoms with van der Waals surface area (Å²) in [5.74, 6) is -0.405. The molecule has 0 amide bonds. The van der Waals surface area contributed by atoms with Crippen LogP contribution in [0, 0.1) is 11.3 Å². The van der Waals surface area contributed by atoms with Gasteiger partial charge in [0.1, 0.15) is 5.75 Å². The van der Waals surface area contributed by atoms with Gasteiger partial charge in [-0.25, -0.2) is 0 Å². The highest BCUT2D eigenvalue weighted by Crippen LogP contribution is 2.21. The summed E-state index contributed by atoms with van der Waals surface area (Å²) in [6.45, 7) is 0. The van der Waals surface area contributed by atoms with E-state index < -0.39 is 0 Å². The summed E-state index contributed by atoms with van der Waals surface area (Å²) in [6.07, 6.45) is 0. The zero-order chi connectivity index (χ0) is 12.3. The minimum absolute atomic E-state index is 0.113. The minimum Gasteiger partial charge on any atom is -0.507 e. The fourth-order valence-corrected chi connectivity index (χ4v) is 1.53. The first-order chi connectivity index (χ1) is 8.22. The van der Waals surface area contributed by atoms with Gasteiger partial charge in [0.05, 0.1) is 17.2 Å². The van der Waals surface area contributed by atoms with Crippen molar-refractivity contribution in [3.05, 3.63) is 65.2 Å². The zero-order valence-corrected chi connectivity index (χ0v) is 8.92. The van der Waals surface area contributed by atoms with Crippen LogP contribution in [0.3, 0.4) is 0 Å². The Morgan fingerprint density at radius 2 is 1.82 bits per heavy atom. The van der Waals surface area contributed by atoms with Crippen molar-refractivity contribution < 1.29 is 9.90 Å². The Balaban J connectivity index is 2.48. The van der Waals surface area contributed by atoms with Gasteiger partial charge < -0.3 is 5.11 Å². The van der Waals surface area contributed by atoms with Crippen LogP contribution in [-0.2, 0) is 0 Å². The molecule has 0 bridgehead atoms. The Kier molecular flexibility index (Phi) is 2.89. The summed E-state index contributed by atoms with van der Waals surface area (Å²) in [5, 5.41) is 18.4. The van der Waals surface area contributed by atoms with Crippen LogP contribution >= 0.6 is 0 Å². The van der Waals surface area contributed by atoms with E-state index in [2.05, 4.69) is 0 Å². The van der Waals surface area contributed by atoms with Gasteiger partial charge in [-0.3, -0.25) is 4.79 Å². The first-order valence-electron chi connectivity index (χ1n) is 5.05. The van der Waals surface area contributed by atoms with Crippen LogP contribution in [0.15, 0.2) is 48.5 Å². The highest BCUT2D eigenvalue weighted by Gasteiger charge is 2.13. The lowest BCUT2D eigenvalue weighted by Gasteiger charge is -2.04. The average Bonchev–Trinajstić information content (AvgIpc) is 2.39. The Morgan fingerprint density at radius 1 is 1.12 bits per heavy atom. The number of nitriles is 1. The number of benzene rings is 2. The van der Waals surface area contributed by atoms with E-state index in [0.29, 0.717) is 11.1 Å². The topological polar surface area (TPSA) is 61.1 Å². The molecule has 2 aromatic rings. The quantitative estimate of drug-likeness (QED) is 0.795. The zero-order valence-electron chi connectivity index (χ0n) is 8.92.